The van der Waals surface area contributed by atoms with E-state index in [0.29, 0.717) is 5.89 Å². The number of nitrogens with one attached hydrogen (secondary N) is 1. The molecule has 2 aromatic rings. The summed E-state index contributed by atoms with van der Waals surface area (Å²) in [6.07, 6.45) is 1.61. The molecule has 0 unspecified atom stereocenters. The first-order chi connectivity index (χ1) is 6.79. The number of nitrogens with zero attached hydrogens (tertiary/aromatic N) is 1. The number of anilines is 1. The van der Waals surface area contributed by atoms with Gasteiger partial charge in [-0.3, -0.25) is 0 Å². The molecule has 0 spiro atoms. The van der Waals surface area contributed by atoms with Crippen LogP contribution in [0.2, 0.25) is 0 Å². The molecule has 1 N–H and O–H groups in total. The highest BCUT2D eigenvalue weighted by Crippen LogP contribution is 2.20. The van der Waals surface area contributed by atoms with E-state index in [1.165, 1.54) is 5.56 Å². The summed E-state index contributed by atoms with van der Waals surface area (Å²) in [5, 5.41) is 2.93. The van der Waals surface area contributed by atoms with Crippen molar-refractivity contribution in [3.05, 3.63) is 36.1 Å². The number of benzene rings is 1. The second-order valence-electron chi connectivity index (χ2n) is 3.16. The van der Waals surface area contributed by atoms with Crippen LogP contribution in [0.3, 0.4) is 0 Å². The second-order valence-corrected chi connectivity index (χ2v) is 3.16. The number of hydrogen-bond donors (Lipinski definition) is 1. The van der Waals surface area contributed by atoms with Gasteiger partial charge in [0.1, 0.15) is 6.26 Å². The van der Waals surface area contributed by atoms with Crippen molar-refractivity contribution in [2.75, 3.05) is 12.4 Å². The van der Waals surface area contributed by atoms with Gasteiger partial charge in [-0.05, 0) is 19.1 Å². The zero-order valence-corrected chi connectivity index (χ0v) is 10.7. The van der Waals surface area contributed by atoms with Gasteiger partial charge in [0.25, 0.3) is 0 Å². The van der Waals surface area contributed by atoms with E-state index < -0.39 is 0 Å². The summed E-state index contributed by atoms with van der Waals surface area (Å²) in [7, 11) is 1.82. The Labute approximate surface area is 107 Å². The standard InChI is InChI=1S/C11H12N2O.2ClH/c1-8-4-3-5-9(6-8)11-13-10(12-2)7-14-11;;/h3-7,12H,1-2H3;2*1H. The van der Waals surface area contributed by atoms with Crippen molar-refractivity contribution < 1.29 is 4.42 Å². The topological polar surface area (TPSA) is 38.1 Å². The number of aromatic nitrogens is 1. The summed E-state index contributed by atoms with van der Waals surface area (Å²) in [6.45, 7) is 2.05. The lowest BCUT2D eigenvalue weighted by Crippen LogP contribution is -1.87. The van der Waals surface area contributed by atoms with Gasteiger partial charge < -0.3 is 9.73 Å². The molecular formula is C11H14Cl2N2O. The van der Waals surface area contributed by atoms with Crippen LogP contribution in [0.1, 0.15) is 5.56 Å². The van der Waals surface area contributed by atoms with Crippen LogP contribution >= 0.6 is 24.8 Å². The fourth-order valence-electron chi connectivity index (χ4n) is 1.30. The molecular weight excluding hydrogens is 247 g/mol. The summed E-state index contributed by atoms with van der Waals surface area (Å²) in [5.74, 6) is 1.40. The van der Waals surface area contributed by atoms with E-state index in [1.54, 1.807) is 6.26 Å². The Balaban J connectivity index is 0.00000112. The molecule has 0 fully saturated rings. The highest BCUT2D eigenvalue weighted by molar-refractivity contribution is 5.85. The Morgan fingerprint density at radius 1 is 1.25 bits per heavy atom. The number of hydrogen-bond acceptors (Lipinski definition) is 3. The molecule has 0 saturated heterocycles. The Morgan fingerprint density at radius 2 is 2.00 bits per heavy atom. The second kappa shape index (κ2) is 6.40. The van der Waals surface area contributed by atoms with Crippen LogP contribution in [0.15, 0.2) is 34.9 Å². The third-order valence-corrected chi connectivity index (χ3v) is 2.03. The first-order valence-electron chi connectivity index (χ1n) is 4.50. The third kappa shape index (κ3) is 3.15. The van der Waals surface area contributed by atoms with Gasteiger partial charge in [-0.2, -0.15) is 4.98 Å². The molecule has 5 heteroatoms. The fourth-order valence-corrected chi connectivity index (χ4v) is 1.30. The molecule has 1 heterocycles. The number of halogens is 2. The van der Waals surface area contributed by atoms with Crippen molar-refractivity contribution in [1.82, 2.24) is 4.98 Å². The van der Waals surface area contributed by atoms with Crippen molar-refractivity contribution in [3.8, 4) is 11.5 Å². The van der Waals surface area contributed by atoms with Crippen LogP contribution in [-0.4, -0.2) is 12.0 Å². The van der Waals surface area contributed by atoms with E-state index in [9.17, 15) is 0 Å². The van der Waals surface area contributed by atoms with E-state index in [0.717, 1.165) is 11.4 Å². The van der Waals surface area contributed by atoms with Crippen molar-refractivity contribution in [2.24, 2.45) is 0 Å². The van der Waals surface area contributed by atoms with Crippen molar-refractivity contribution in [2.45, 2.75) is 6.92 Å². The zero-order valence-electron chi connectivity index (χ0n) is 9.06. The molecule has 1 aromatic carbocycles. The third-order valence-electron chi connectivity index (χ3n) is 2.03. The van der Waals surface area contributed by atoms with Gasteiger partial charge in [0.05, 0.1) is 0 Å². The normalized spacial score (nSPS) is 8.88. The van der Waals surface area contributed by atoms with Gasteiger partial charge >= 0.3 is 0 Å². The maximum Gasteiger partial charge on any atom is 0.227 e. The summed E-state index contributed by atoms with van der Waals surface area (Å²) in [6, 6.07) is 8.07. The van der Waals surface area contributed by atoms with Crippen molar-refractivity contribution in [3.63, 3.8) is 0 Å². The Kier molecular flexibility index (Phi) is 5.93. The molecule has 0 amide bonds. The smallest absolute Gasteiger partial charge is 0.227 e. The van der Waals surface area contributed by atoms with Crippen LogP contribution < -0.4 is 5.32 Å². The molecule has 0 aliphatic rings. The predicted octanol–water partition coefficient (Wildman–Crippen LogP) is 3.54. The molecule has 0 saturated carbocycles. The summed E-state index contributed by atoms with van der Waals surface area (Å²) < 4.78 is 5.32. The van der Waals surface area contributed by atoms with Crippen LogP contribution in [0, 0.1) is 6.92 Å². The lowest BCUT2D eigenvalue weighted by Gasteiger charge is -1.96. The van der Waals surface area contributed by atoms with Gasteiger partial charge in [0.15, 0.2) is 5.82 Å². The van der Waals surface area contributed by atoms with E-state index in [-0.39, 0.29) is 24.8 Å². The minimum absolute atomic E-state index is 0. The monoisotopic (exact) mass is 260 g/mol. The van der Waals surface area contributed by atoms with E-state index >= 15 is 0 Å². The maximum absolute atomic E-state index is 5.32. The first kappa shape index (κ1) is 14.8. The largest absolute Gasteiger partial charge is 0.442 e. The minimum atomic E-state index is 0. The molecule has 0 aliphatic carbocycles. The lowest BCUT2D eigenvalue weighted by molar-refractivity contribution is 0.575. The van der Waals surface area contributed by atoms with Crippen LogP contribution in [0.5, 0.6) is 0 Å². The van der Waals surface area contributed by atoms with Gasteiger partial charge in [-0.15, -0.1) is 24.8 Å². The fraction of sp³-hybridized carbons (Fsp3) is 0.182. The number of aryl methyl sites for hydroxylation is 1. The quantitative estimate of drug-likeness (QED) is 0.898. The number of oxazole rings is 1. The zero-order chi connectivity index (χ0) is 9.97. The summed E-state index contributed by atoms with van der Waals surface area (Å²) in [5.41, 5.74) is 2.21. The molecule has 0 atom stereocenters. The molecule has 0 radical (unpaired) electrons. The van der Waals surface area contributed by atoms with Crippen molar-refractivity contribution >= 4 is 30.6 Å². The van der Waals surface area contributed by atoms with Crippen LogP contribution in [0.4, 0.5) is 5.82 Å². The number of rotatable bonds is 2. The average Bonchev–Trinajstić information content (AvgIpc) is 2.66. The Bertz CT molecular complexity index is 443. The molecule has 88 valence electrons. The van der Waals surface area contributed by atoms with Crippen molar-refractivity contribution in [1.29, 1.82) is 0 Å². The lowest BCUT2D eigenvalue weighted by atomic mass is 10.1. The molecule has 3 nitrogen and oxygen atoms in total. The summed E-state index contributed by atoms with van der Waals surface area (Å²) in [4.78, 5) is 4.26. The average molecular weight is 261 g/mol. The highest BCUT2D eigenvalue weighted by atomic mass is 35.5. The summed E-state index contributed by atoms with van der Waals surface area (Å²) >= 11 is 0. The maximum atomic E-state index is 5.32. The Morgan fingerprint density at radius 3 is 2.56 bits per heavy atom. The molecule has 2 rings (SSSR count). The van der Waals surface area contributed by atoms with Gasteiger partial charge in [0, 0.05) is 12.6 Å². The van der Waals surface area contributed by atoms with E-state index in [1.807, 2.05) is 38.2 Å². The van der Waals surface area contributed by atoms with Gasteiger partial charge in [-0.25, -0.2) is 0 Å². The van der Waals surface area contributed by atoms with E-state index in [2.05, 4.69) is 10.3 Å². The van der Waals surface area contributed by atoms with E-state index in [4.69, 9.17) is 4.42 Å². The molecule has 1 aromatic heterocycles. The predicted molar refractivity (Wildman–Crippen MR) is 70.7 cm³/mol. The van der Waals surface area contributed by atoms with Crippen LogP contribution in [-0.2, 0) is 0 Å². The van der Waals surface area contributed by atoms with Gasteiger partial charge in [-0.1, -0.05) is 17.7 Å². The minimum Gasteiger partial charge on any atom is -0.442 e. The molecule has 0 aliphatic heterocycles. The first-order valence-corrected chi connectivity index (χ1v) is 4.50. The van der Waals surface area contributed by atoms with Crippen LogP contribution in [0.25, 0.3) is 11.5 Å². The van der Waals surface area contributed by atoms with Gasteiger partial charge in [0.2, 0.25) is 5.89 Å². The molecule has 0 bridgehead atoms. The SMILES string of the molecule is CNc1coc(-c2cccc(C)c2)n1.Cl.Cl. The Hall–Kier alpha value is -1.19. The molecule has 16 heavy (non-hydrogen) atoms. The highest BCUT2D eigenvalue weighted by Gasteiger charge is 2.04.